The van der Waals surface area contributed by atoms with E-state index in [4.69, 9.17) is 9.73 Å². The molecule has 0 N–H and O–H groups in total. The molecular weight excluding hydrogens is 503 g/mol. The van der Waals surface area contributed by atoms with Crippen LogP contribution in [0.15, 0.2) is 28.2 Å². The van der Waals surface area contributed by atoms with Crippen LogP contribution >= 0.6 is 28.5 Å². The Hall–Kier alpha value is -0.186. The van der Waals surface area contributed by atoms with Gasteiger partial charge in [0.25, 0.3) is 0 Å². The van der Waals surface area contributed by atoms with Gasteiger partial charge in [0.1, 0.15) is 6.61 Å². The topological polar surface area (TPSA) is 34.0 Å². The monoisotopic (exact) mass is 530 g/mol. The van der Waals surface area contributed by atoms with E-state index < -0.39 is 0 Å². The van der Waals surface area contributed by atoms with E-state index in [1.165, 1.54) is 22.0 Å². The third kappa shape index (κ3) is 7.09. The predicted octanol–water partition coefficient (Wildman–Crippen LogP) is 7.17. The van der Waals surface area contributed by atoms with E-state index in [0.29, 0.717) is 24.3 Å². The molecule has 0 aromatic heterocycles. The van der Waals surface area contributed by atoms with Gasteiger partial charge in [0.05, 0.1) is 17.9 Å². The first-order valence-electron chi connectivity index (χ1n) is 8.81. The van der Waals surface area contributed by atoms with Gasteiger partial charge < -0.3 is 4.74 Å². The van der Waals surface area contributed by atoms with Crippen molar-refractivity contribution in [2.75, 3.05) is 6.61 Å². The van der Waals surface area contributed by atoms with Crippen molar-refractivity contribution < 1.29 is 15.6 Å². The fourth-order valence-electron chi connectivity index (χ4n) is 2.69. The van der Waals surface area contributed by atoms with Crippen LogP contribution in [-0.2, 0) is 15.6 Å². The number of rotatable bonds is 4. The van der Waals surface area contributed by atoms with Crippen molar-refractivity contribution >= 4 is 46.3 Å². The average molecular weight is 533 g/mol. The molecule has 0 fully saturated rings. The van der Waals surface area contributed by atoms with Crippen LogP contribution in [0.5, 0.6) is 0 Å². The summed E-state index contributed by atoms with van der Waals surface area (Å²) in [4.78, 5) is 9.43. The van der Waals surface area contributed by atoms with Crippen LogP contribution in [0.25, 0.3) is 0 Å². The summed E-state index contributed by atoms with van der Waals surface area (Å²) in [5.41, 5.74) is 3.74. The van der Waals surface area contributed by atoms with Gasteiger partial charge >= 0.3 is 39.3 Å². The Bertz CT molecular complexity index is 611. The summed E-state index contributed by atoms with van der Waals surface area (Å²) in [6.07, 6.45) is 1.79. The number of para-hydroxylation sites is 1. The van der Waals surface area contributed by atoms with E-state index in [1.807, 2.05) is 0 Å². The molecular formula is C20H30Br2N2NiO. The molecule has 0 amide bonds. The van der Waals surface area contributed by atoms with Crippen LogP contribution in [0.1, 0.15) is 71.4 Å². The van der Waals surface area contributed by atoms with Gasteiger partial charge in [0, 0.05) is 0 Å². The van der Waals surface area contributed by atoms with Crippen LogP contribution in [0.4, 0.5) is 5.69 Å². The Balaban J connectivity index is 0.00000105. The number of hydrogen-bond acceptors (Lipinski definition) is 3. The van der Waals surface area contributed by atoms with Gasteiger partial charge in [-0.3, -0.25) is 4.99 Å². The van der Waals surface area contributed by atoms with Crippen molar-refractivity contribution in [2.45, 2.75) is 66.3 Å². The second-order valence-corrected chi connectivity index (χ2v) is 13.0. The Morgan fingerprint density at radius 1 is 1.15 bits per heavy atom. The molecule has 0 unspecified atom stereocenters. The number of benzene rings is 1. The zero-order valence-corrected chi connectivity index (χ0v) is 20.8. The second kappa shape index (κ2) is 11.0. The Morgan fingerprint density at radius 2 is 1.65 bits per heavy atom. The standard InChI is InChI=1S/C20H30N2O.2BrH.Ni/c1-13(2)15-9-8-10-16(14(3)4)19(15)21-11-18-22-17(12-23-18)20(5,6)7;;;/h8-11,13-14,17H,12H2,1-7H3;2*1H;/q;;;+2/p-2/t17-;;;/m1.../s1. The van der Waals surface area contributed by atoms with E-state index in [9.17, 15) is 0 Å². The van der Waals surface area contributed by atoms with E-state index in [-0.39, 0.29) is 11.5 Å². The van der Waals surface area contributed by atoms with Crippen LogP contribution in [-0.4, -0.2) is 24.8 Å². The number of halogens is 2. The van der Waals surface area contributed by atoms with Crippen LogP contribution < -0.4 is 0 Å². The molecule has 1 atom stereocenters. The van der Waals surface area contributed by atoms with Gasteiger partial charge in [-0.25, -0.2) is 4.99 Å². The molecule has 150 valence electrons. The summed E-state index contributed by atoms with van der Waals surface area (Å²) in [6, 6.07) is 6.66. The first kappa shape index (κ1) is 23.9. The van der Waals surface area contributed by atoms with E-state index in [1.54, 1.807) is 6.21 Å². The fourth-order valence-corrected chi connectivity index (χ4v) is 2.69. The van der Waals surface area contributed by atoms with Crippen molar-refractivity contribution in [3.8, 4) is 0 Å². The first-order valence-corrected chi connectivity index (χ1v) is 13.7. The van der Waals surface area contributed by atoms with E-state index >= 15 is 0 Å². The van der Waals surface area contributed by atoms with Gasteiger partial charge in [0.2, 0.25) is 5.90 Å². The van der Waals surface area contributed by atoms with Gasteiger partial charge in [-0.2, -0.15) is 0 Å². The molecule has 1 aliphatic heterocycles. The summed E-state index contributed by atoms with van der Waals surface area (Å²) in [5.74, 6) is 1.53. The molecule has 0 saturated heterocycles. The molecule has 0 radical (unpaired) electrons. The normalized spacial score (nSPS) is 17.5. The molecule has 0 aliphatic carbocycles. The quantitative estimate of drug-likeness (QED) is 0.299. The van der Waals surface area contributed by atoms with Crippen LogP contribution in [0.3, 0.4) is 0 Å². The third-order valence-electron chi connectivity index (χ3n) is 4.32. The van der Waals surface area contributed by atoms with Crippen molar-refractivity contribution in [1.82, 2.24) is 0 Å². The fraction of sp³-hybridized carbons (Fsp3) is 0.600. The summed E-state index contributed by atoms with van der Waals surface area (Å²) >= 11 is 6.00. The Labute approximate surface area is 178 Å². The van der Waals surface area contributed by atoms with Gasteiger partial charge in [-0.15, -0.1) is 0 Å². The maximum atomic E-state index is 5.72. The number of nitrogens with zero attached hydrogens (tertiary/aromatic N) is 2. The van der Waals surface area contributed by atoms with Gasteiger partial charge in [0.15, 0.2) is 0 Å². The molecule has 0 bridgehead atoms. The van der Waals surface area contributed by atoms with E-state index in [2.05, 4.69) is 100 Å². The summed E-state index contributed by atoms with van der Waals surface area (Å²) in [5, 5.41) is 0. The van der Waals surface area contributed by atoms with Crippen molar-refractivity contribution in [3.05, 3.63) is 29.3 Å². The summed E-state index contributed by atoms with van der Waals surface area (Å²) < 4.78 is 5.72. The van der Waals surface area contributed by atoms with Crippen molar-refractivity contribution in [3.63, 3.8) is 0 Å². The molecule has 1 heterocycles. The molecule has 6 heteroatoms. The summed E-state index contributed by atoms with van der Waals surface area (Å²) in [7, 11) is 1.25. The maximum absolute atomic E-state index is 5.72. The summed E-state index contributed by atoms with van der Waals surface area (Å²) in [6.45, 7) is 16.0. The van der Waals surface area contributed by atoms with Gasteiger partial charge in [-0.05, 0) is 28.4 Å². The molecule has 26 heavy (non-hydrogen) atoms. The molecule has 1 aromatic rings. The van der Waals surface area contributed by atoms with Crippen molar-refractivity contribution in [2.24, 2.45) is 15.4 Å². The zero-order chi connectivity index (χ0) is 19.9. The van der Waals surface area contributed by atoms with E-state index in [0.717, 1.165) is 5.69 Å². The Morgan fingerprint density at radius 3 is 2.04 bits per heavy atom. The van der Waals surface area contributed by atoms with Gasteiger partial charge in [-0.1, -0.05) is 66.7 Å². The molecule has 1 aromatic carbocycles. The SMILES string of the molecule is CC(C)c1cccc(C(C)C)c1N=CC1=N[C@@H](C(C)(C)C)CO1.[Br][Ni][Br]. The predicted molar refractivity (Wildman–Crippen MR) is 117 cm³/mol. The molecule has 0 saturated carbocycles. The number of hydrogen-bond donors (Lipinski definition) is 0. The van der Waals surface area contributed by atoms with Crippen LogP contribution in [0, 0.1) is 5.41 Å². The second-order valence-electron chi connectivity index (χ2n) is 8.06. The zero-order valence-electron chi connectivity index (χ0n) is 16.6. The number of ether oxygens (including phenoxy) is 1. The minimum absolute atomic E-state index is 0.120. The first-order chi connectivity index (χ1) is 12.1. The number of aliphatic imine (C=N–C) groups is 2. The third-order valence-corrected chi connectivity index (χ3v) is 4.32. The molecule has 3 nitrogen and oxygen atoms in total. The van der Waals surface area contributed by atoms with Crippen molar-refractivity contribution in [1.29, 1.82) is 0 Å². The Kier molecular flexibility index (Phi) is 10.1. The average Bonchev–Trinajstić information content (AvgIpc) is 3.02. The molecule has 1 aliphatic rings. The molecule has 0 spiro atoms. The molecule has 2 rings (SSSR count). The minimum atomic E-state index is 0.120. The van der Waals surface area contributed by atoms with Crippen LogP contribution in [0.2, 0.25) is 0 Å².